The van der Waals surface area contributed by atoms with Gasteiger partial charge in [-0.1, -0.05) is 6.07 Å². The van der Waals surface area contributed by atoms with Crippen LogP contribution in [0.3, 0.4) is 0 Å². The van der Waals surface area contributed by atoms with Gasteiger partial charge in [0.25, 0.3) is 0 Å². The molecule has 0 bridgehead atoms. The van der Waals surface area contributed by atoms with E-state index in [-0.39, 0.29) is 0 Å². The molecule has 2 nitrogen and oxygen atoms in total. The summed E-state index contributed by atoms with van der Waals surface area (Å²) >= 11 is 1.83. The number of hydrogen-bond donors (Lipinski definition) is 1. The molecule has 2 atom stereocenters. The lowest BCUT2D eigenvalue weighted by Gasteiger charge is -2.16. The first kappa shape index (κ1) is 8.23. The third-order valence-corrected chi connectivity index (χ3v) is 3.43. The second-order valence-corrected chi connectivity index (χ2v) is 4.45. The highest BCUT2D eigenvalue weighted by molar-refractivity contribution is 7.10. The van der Waals surface area contributed by atoms with Crippen molar-refractivity contribution in [3.63, 3.8) is 0 Å². The average Bonchev–Trinajstić information content (AvgIpc) is 2.58. The van der Waals surface area contributed by atoms with Crippen LogP contribution in [0.4, 0.5) is 0 Å². The molecular formula is C9H14N2S. The number of nitrogens with zero attached hydrogens (tertiary/aromatic N) is 1. The quantitative estimate of drug-likeness (QED) is 0.712. The van der Waals surface area contributed by atoms with E-state index in [0.29, 0.717) is 12.1 Å². The highest BCUT2D eigenvalue weighted by Crippen LogP contribution is 2.32. The maximum atomic E-state index is 5.88. The molecule has 12 heavy (non-hydrogen) atoms. The normalized spacial score (nSPS) is 31.2. The van der Waals surface area contributed by atoms with Gasteiger partial charge in [0.1, 0.15) is 0 Å². The molecule has 1 aromatic heterocycles. The SMILES string of the molecule is CN1CC(N)CC1c1cccs1. The summed E-state index contributed by atoms with van der Waals surface area (Å²) in [6, 6.07) is 5.24. The molecule has 66 valence electrons. The van der Waals surface area contributed by atoms with Gasteiger partial charge in [0, 0.05) is 23.5 Å². The number of thiophene rings is 1. The van der Waals surface area contributed by atoms with E-state index >= 15 is 0 Å². The highest BCUT2D eigenvalue weighted by Gasteiger charge is 2.28. The maximum Gasteiger partial charge on any atom is 0.0454 e. The molecule has 0 saturated carbocycles. The van der Waals surface area contributed by atoms with E-state index < -0.39 is 0 Å². The molecule has 2 rings (SSSR count). The Morgan fingerprint density at radius 2 is 2.50 bits per heavy atom. The van der Waals surface area contributed by atoms with Gasteiger partial charge in [0.15, 0.2) is 0 Å². The predicted molar refractivity (Wildman–Crippen MR) is 52.3 cm³/mol. The zero-order valence-corrected chi connectivity index (χ0v) is 8.05. The van der Waals surface area contributed by atoms with Gasteiger partial charge in [-0.2, -0.15) is 0 Å². The Morgan fingerprint density at radius 3 is 3.00 bits per heavy atom. The molecular weight excluding hydrogens is 168 g/mol. The highest BCUT2D eigenvalue weighted by atomic mass is 32.1. The van der Waals surface area contributed by atoms with Crippen LogP contribution in [0.5, 0.6) is 0 Å². The molecule has 0 amide bonds. The first-order valence-corrected chi connectivity index (χ1v) is 5.14. The fraction of sp³-hybridized carbons (Fsp3) is 0.556. The number of rotatable bonds is 1. The van der Waals surface area contributed by atoms with Crippen LogP contribution in [0, 0.1) is 0 Å². The van der Waals surface area contributed by atoms with Gasteiger partial charge in [-0.15, -0.1) is 11.3 Å². The van der Waals surface area contributed by atoms with Crippen LogP contribution < -0.4 is 5.73 Å². The molecule has 2 unspecified atom stereocenters. The minimum absolute atomic E-state index is 0.363. The molecule has 0 radical (unpaired) electrons. The summed E-state index contributed by atoms with van der Waals surface area (Å²) in [5.74, 6) is 0. The molecule has 1 fully saturated rings. The number of nitrogens with two attached hydrogens (primary N) is 1. The first-order valence-electron chi connectivity index (χ1n) is 4.26. The zero-order valence-electron chi connectivity index (χ0n) is 7.23. The van der Waals surface area contributed by atoms with E-state index in [1.54, 1.807) is 0 Å². The summed E-state index contributed by atoms with van der Waals surface area (Å²) in [6.07, 6.45) is 1.11. The third-order valence-electron chi connectivity index (χ3n) is 2.45. The van der Waals surface area contributed by atoms with Crippen LogP contribution in [-0.2, 0) is 0 Å². The number of likely N-dealkylation sites (tertiary alicyclic amines) is 1. The van der Waals surface area contributed by atoms with Crippen LogP contribution in [0.1, 0.15) is 17.3 Å². The molecule has 3 heteroatoms. The molecule has 2 N–H and O–H groups in total. The Hall–Kier alpha value is -0.380. The second-order valence-electron chi connectivity index (χ2n) is 3.47. The standard InChI is InChI=1S/C9H14N2S/c1-11-6-7(10)5-8(11)9-3-2-4-12-9/h2-4,7-8H,5-6,10H2,1H3. The van der Waals surface area contributed by atoms with Crippen molar-refractivity contribution < 1.29 is 0 Å². The van der Waals surface area contributed by atoms with E-state index in [1.165, 1.54) is 4.88 Å². The lowest BCUT2D eigenvalue weighted by Crippen LogP contribution is -2.23. The smallest absolute Gasteiger partial charge is 0.0454 e. The Kier molecular flexibility index (Phi) is 2.17. The van der Waals surface area contributed by atoms with Crippen molar-refractivity contribution in [2.24, 2.45) is 5.73 Å². The van der Waals surface area contributed by atoms with E-state index in [9.17, 15) is 0 Å². The summed E-state index contributed by atoms with van der Waals surface area (Å²) in [5, 5.41) is 2.13. The summed E-state index contributed by atoms with van der Waals surface area (Å²) < 4.78 is 0. The van der Waals surface area contributed by atoms with Crippen molar-refractivity contribution in [2.45, 2.75) is 18.5 Å². The Morgan fingerprint density at radius 1 is 1.67 bits per heavy atom. The lowest BCUT2D eigenvalue weighted by molar-refractivity contribution is 0.320. The molecule has 0 aromatic carbocycles. The van der Waals surface area contributed by atoms with Gasteiger partial charge in [-0.3, -0.25) is 4.90 Å². The molecule has 1 aromatic rings. The van der Waals surface area contributed by atoms with Crippen LogP contribution >= 0.6 is 11.3 Å². The van der Waals surface area contributed by atoms with Crippen molar-refractivity contribution in [1.29, 1.82) is 0 Å². The molecule has 0 aliphatic carbocycles. The molecule has 1 aliphatic heterocycles. The van der Waals surface area contributed by atoms with Gasteiger partial charge >= 0.3 is 0 Å². The Bertz CT molecular complexity index is 245. The summed E-state index contributed by atoms with van der Waals surface area (Å²) in [5.41, 5.74) is 5.88. The maximum absolute atomic E-state index is 5.88. The minimum Gasteiger partial charge on any atom is -0.326 e. The minimum atomic E-state index is 0.363. The van der Waals surface area contributed by atoms with Crippen molar-refractivity contribution in [3.05, 3.63) is 22.4 Å². The Labute approximate surface area is 77.0 Å². The van der Waals surface area contributed by atoms with Gasteiger partial charge in [0.2, 0.25) is 0 Å². The summed E-state index contributed by atoms with van der Waals surface area (Å²) in [7, 11) is 2.15. The monoisotopic (exact) mass is 182 g/mol. The van der Waals surface area contributed by atoms with Crippen LogP contribution in [0.15, 0.2) is 17.5 Å². The number of hydrogen-bond acceptors (Lipinski definition) is 3. The van der Waals surface area contributed by atoms with E-state index in [1.807, 2.05) is 11.3 Å². The van der Waals surface area contributed by atoms with Crippen LogP contribution in [-0.4, -0.2) is 24.5 Å². The second kappa shape index (κ2) is 3.17. The summed E-state index contributed by atoms with van der Waals surface area (Å²) in [6.45, 7) is 1.03. The van der Waals surface area contributed by atoms with E-state index in [0.717, 1.165) is 13.0 Å². The predicted octanol–water partition coefficient (Wildman–Crippen LogP) is 1.45. The van der Waals surface area contributed by atoms with E-state index in [2.05, 4.69) is 29.5 Å². The lowest BCUT2D eigenvalue weighted by atomic mass is 10.1. The molecule has 0 spiro atoms. The van der Waals surface area contributed by atoms with Crippen molar-refractivity contribution in [3.8, 4) is 0 Å². The van der Waals surface area contributed by atoms with Crippen LogP contribution in [0.2, 0.25) is 0 Å². The van der Waals surface area contributed by atoms with Gasteiger partial charge in [-0.25, -0.2) is 0 Å². The first-order chi connectivity index (χ1) is 5.77. The topological polar surface area (TPSA) is 29.3 Å². The van der Waals surface area contributed by atoms with Gasteiger partial charge < -0.3 is 5.73 Å². The van der Waals surface area contributed by atoms with Crippen molar-refractivity contribution in [2.75, 3.05) is 13.6 Å². The fourth-order valence-corrected chi connectivity index (χ4v) is 2.76. The fourth-order valence-electron chi connectivity index (χ4n) is 1.85. The van der Waals surface area contributed by atoms with Crippen molar-refractivity contribution in [1.82, 2.24) is 4.90 Å². The van der Waals surface area contributed by atoms with Gasteiger partial charge in [0.05, 0.1) is 0 Å². The van der Waals surface area contributed by atoms with Crippen molar-refractivity contribution >= 4 is 11.3 Å². The summed E-state index contributed by atoms with van der Waals surface area (Å²) in [4.78, 5) is 3.79. The van der Waals surface area contributed by atoms with Crippen LogP contribution in [0.25, 0.3) is 0 Å². The number of likely N-dealkylation sites (N-methyl/N-ethyl adjacent to an activating group) is 1. The van der Waals surface area contributed by atoms with Gasteiger partial charge in [-0.05, 0) is 24.9 Å². The molecule has 1 saturated heterocycles. The average molecular weight is 182 g/mol. The largest absolute Gasteiger partial charge is 0.326 e. The molecule has 2 heterocycles. The van der Waals surface area contributed by atoms with E-state index in [4.69, 9.17) is 5.73 Å². The Balaban J connectivity index is 2.15. The third kappa shape index (κ3) is 1.40. The zero-order chi connectivity index (χ0) is 8.55. The molecule has 1 aliphatic rings.